The van der Waals surface area contributed by atoms with Gasteiger partial charge in [-0.15, -0.1) is 11.3 Å². The lowest BCUT2D eigenvalue weighted by atomic mass is 10.0. The number of aromatic nitrogens is 3. The van der Waals surface area contributed by atoms with Gasteiger partial charge in [-0.3, -0.25) is 9.36 Å². The zero-order valence-electron chi connectivity index (χ0n) is 18.4. The Kier molecular flexibility index (Phi) is 7.07. The van der Waals surface area contributed by atoms with Crippen molar-refractivity contribution in [1.29, 1.82) is 0 Å². The van der Waals surface area contributed by atoms with Crippen molar-refractivity contribution in [2.75, 3.05) is 5.32 Å². The van der Waals surface area contributed by atoms with E-state index in [1.165, 1.54) is 16.9 Å². The summed E-state index contributed by atoms with van der Waals surface area (Å²) in [5.41, 5.74) is 5.28. The number of hydrogen-bond donors (Lipinski definition) is 1. The number of thiazole rings is 1. The summed E-state index contributed by atoms with van der Waals surface area (Å²) >= 11 is 3.17. The largest absolute Gasteiger partial charge is 0.325 e. The Balaban J connectivity index is 1.35. The Bertz CT molecular complexity index is 1190. The highest BCUT2D eigenvalue weighted by Crippen LogP contribution is 2.26. The summed E-state index contributed by atoms with van der Waals surface area (Å²) in [7, 11) is 0. The molecule has 32 heavy (non-hydrogen) atoms. The van der Waals surface area contributed by atoms with E-state index in [1.54, 1.807) is 11.8 Å². The number of imidazole rings is 1. The number of aryl methyl sites for hydroxylation is 1. The van der Waals surface area contributed by atoms with Crippen LogP contribution in [-0.4, -0.2) is 20.4 Å². The second-order valence-electron chi connectivity index (χ2n) is 7.89. The number of amides is 1. The molecule has 0 radical (unpaired) electrons. The molecule has 0 spiro atoms. The van der Waals surface area contributed by atoms with Gasteiger partial charge in [-0.2, -0.15) is 0 Å². The minimum absolute atomic E-state index is 0.0479. The second-order valence-corrected chi connectivity index (χ2v) is 9.77. The molecule has 164 valence electrons. The van der Waals surface area contributed by atoms with Crippen LogP contribution in [0.5, 0.6) is 0 Å². The van der Waals surface area contributed by atoms with E-state index in [0.29, 0.717) is 11.7 Å². The molecule has 4 rings (SSSR count). The summed E-state index contributed by atoms with van der Waals surface area (Å²) in [6.45, 7) is 6.38. The van der Waals surface area contributed by atoms with Gasteiger partial charge in [0.2, 0.25) is 5.91 Å². The van der Waals surface area contributed by atoms with Crippen molar-refractivity contribution in [2.24, 2.45) is 0 Å². The molecule has 0 saturated heterocycles. The van der Waals surface area contributed by atoms with E-state index in [0.717, 1.165) is 32.8 Å². The molecule has 2 aromatic heterocycles. The Morgan fingerprint density at radius 1 is 1.16 bits per heavy atom. The first-order valence-corrected chi connectivity index (χ1v) is 12.4. The van der Waals surface area contributed by atoms with E-state index in [9.17, 15) is 4.79 Å². The van der Waals surface area contributed by atoms with Gasteiger partial charge in [0.15, 0.2) is 5.16 Å². The lowest BCUT2D eigenvalue weighted by Gasteiger charge is -2.10. The maximum absolute atomic E-state index is 12.4. The average molecular weight is 463 g/mol. The van der Waals surface area contributed by atoms with E-state index in [2.05, 4.69) is 58.0 Å². The number of benzene rings is 2. The number of hydrogen-bond acceptors (Lipinski definition) is 5. The van der Waals surface area contributed by atoms with Gasteiger partial charge in [-0.05, 0) is 42.2 Å². The van der Waals surface area contributed by atoms with Crippen molar-refractivity contribution in [1.82, 2.24) is 14.5 Å². The molecule has 1 amide bonds. The van der Waals surface area contributed by atoms with Crippen LogP contribution in [0.3, 0.4) is 0 Å². The van der Waals surface area contributed by atoms with Gasteiger partial charge in [-0.1, -0.05) is 55.9 Å². The van der Waals surface area contributed by atoms with Crippen molar-refractivity contribution in [3.63, 3.8) is 0 Å². The fourth-order valence-corrected chi connectivity index (χ4v) is 5.06. The smallest absolute Gasteiger partial charge is 0.231 e. The molecule has 0 saturated carbocycles. The minimum atomic E-state index is -0.0479. The summed E-state index contributed by atoms with van der Waals surface area (Å²) in [5, 5.41) is 6.73. The Labute approximate surface area is 196 Å². The molecule has 5 nitrogen and oxygen atoms in total. The molecule has 0 fully saturated rings. The lowest BCUT2D eigenvalue weighted by Crippen LogP contribution is -2.15. The van der Waals surface area contributed by atoms with E-state index in [1.807, 2.05) is 49.0 Å². The maximum atomic E-state index is 12.4. The quantitative estimate of drug-likeness (QED) is 0.315. The van der Waals surface area contributed by atoms with Gasteiger partial charge in [0, 0.05) is 34.9 Å². The van der Waals surface area contributed by atoms with Crippen LogP contribution in [0.4, 0.5) is 5.69 Å². The van der Waals surface area contributed by atoms with Crippen LogP contribution >= 0.6 is 23.1 Å². The standard InChI is InChI=1S/C25H26N4OS2/c1-17(2)19-8-10-21(11-9-19)29-13-12-26-25(29)32-16-20-15-31-24(27-20)14-23(30)28-22-7-5-4-6-18(22)3/h4-13,15,17H,14,16H2,1-3H3,(H,28,30). The molecule has 0 atom stereocenters. The number of carbonyl (C=O) groups excluding carboxylic acids is 1. The zero-order valence-corrected chi connectivity index (χ0v) is 20.0. The van der Waals surface area contributed by atoms with Crippen LogP contribution in [0, 0.1) is 6.92 Å². The fraction of sp³-hybridized carbons (Fsp3) is 0.240. The van der Waals surface area contributed by atoms with Gasteiger partial charge in [0.1, 0.15) is 5.01 Å². The van der Waals surface area contributed by atoms with Gasteiger partial charge in [0.05, 0.1) is 12.1 Å². The molecule has 2 aromatic carbocycles. The topological polar surface area (TPSA) is 59.8 Å². The molecular formula is C25H26N4OS2. The van der Waals surface area contributed by atoms with Crippen LogP contribution in [0.15, 0.2) is 71.5 Å². The molecule has 0 aliphatic rings. The summed E-state index contributed by atoms with van der Waals surface area (Å²) < 4.78 is 2.09. The van der Waals surface area contributed by atoms with Crippen LogP contribution < -0.4 is 5.32 Å². The van der Waals surface area contributed by atoms with Crippen LogP contribution in [-0.2, 0) is 17.0 Å². The third-order valence-electron chi connectivity index (χ3n) is 5.12. The Morgan fingerprint density at radius 3 is 2.69 bits per heavy atom. The van der Waals surface area contributed by atoms with Crippen molar-refractivity contribution >= 4 is 34.7 Å². The first kappa shape index (κ1) is 22.3. The number of para-hydroxylation sites is 1. The molecule has 2 heterocycles. The SMILES string of the molecule is Cc1ccccc1NC(=O)Cc1nc(CSc2nccn2-c2ccc(C(C)C)cc2)cs1. The number of nitrogens with zero attached hydrogens (tertiary/aromatic N) is 3. The highest BCUT2D eigenvalue weighted by molar-refractivity contribution is 7.98. The third-order valence-corrected chi connectivity index (χ3v) is 7.02. The Morgan fingerprint density at radius 2 is 1.94 bits per heavy atom. The van der Waals surface area contributed by atoms with Crippen molar-refractivity contribution in [3.05, 3.63) is 88.1 Å². The first-order valence-electron chi connectivity index (χ1n) is 10.5. The number of thioether (sulfide) groups is 1. The summed E-state index contributed by atoms with van der Waals surface area (Å²) in [4.78, 5) is 21.6. The van der Waals surface area contributed by atoms with Gasteiger partial charge < -0.3 is 5.32 Å². The first-order chi connectivity index (χ1) is 15.5. The van der Waals surface area contributed by atoms with Crippen molar-refractivity contribution in [3.8, 4) is 5.69 Å². The molecule has 0 aliphatic heterocycles. The fourth-order valence-electron chi connectivity index (χ4n) is 3.29. The predicted molar refractivity (Wildman–Crippen MR) is 133 cm³/mol. The summed E-state index contributed by atoms with van der Waals surface area (Å²) in [6.07, 6.45) is 4.08. The number of anilines is 1. The van der Waals surface area contributed by atoms with E-state index < -0.39 is 0 Å². The summed E-state index contributed by atoms with van der Waals surface area (Å²) in [6, 6.07) is 16.4. The molecule has 4 aromatic rings. The maximum Gasteiger partial charge on any atom is 0.231 e. The molecule has 7 heteroatoms. The highest BCUT2D eigenvalue weighted by Gasteiger charge is 2.12. The van der Waals surface area contributed by atoms with Crippen molar-refractivity contribution in [2.45, 2.75) is 44.0 Å². The third kappa shape index (κ3) is 5.47. The van der Waals surface area contributed by atoms with Crippen LogP contribution in [0.2, 0.25) is 0 Å². The average Bonchev–Trinajstić information content (AvgIpc) is 3.43. The number of rotatable bonds is 8. The lowest BCUT2D eigenvalue weighted by molar-refractivity contribution is -0.115. The minimum Gasteiger partial charge on any atom is -0.325 e. The normalized spacial score (nSPS) is 11.1. The molecule has 0 bridgehead atoms. The molecule has 0 unspecified atom stereocenters. The van der Waals surface area contributed by atoms with Gasteiger partial charge in [0.25, 0.3) is 0 Å². The highest BCUT2D eigenvalue weighted by atomic mass is 32.2. The van der Waals surface area contributed by atoms with Crippen LogP contribution in [0.1, 0.15) is 41.6 Å². The molecule has 0 aliphatic carbocycles. The van der Waals surface area contributed by atoms with E-state index in [4.69, 9.17) is 0 Å². The van der Waals surface area contributed by atoms with Gasteiger partial charge in [-0.25, -0.2) is 9.97 Å². The predicted octanol–water partition coefficient (Wildman–Crippen LogP) is 6.23. The summed E-state index contributed by atoms with van der Waals surface area (Å²) in [5.74, 6) is 1.17. The second kappa shape index (κ2) is 10.1. The van der Waals surface area contributed by atoms with Crippen molar-refractivity contribution < 1.29 is 4.79 Å². The Hall–Kier alpha value is -2.90. The van der Waals surface area contributed by atoms with Gasteiger partial charge >= 0.3 is 0 Å². The molecule has 1 N–H and O–H groups in total. The molecular weight excluding hydrogens is 436 g/mol. The number of nitrogens with one attached hydrogen (secondary N) is 1. The van der Waals surface area contributed by atoms with E-state index in [-0.39, 0.29) is 12.3 Å². The van der Waals surface area contributed by atoms with E-state index >= 15 is 0 Å². The zero-order chi connectivity index (χ0) is 22.5. The van der Waals surface area contributed by atoms with Crippen LogP contribution in [0.25, 0.3) is 5.69 Å². The number of carbonyl (C=O) groups is 1. The monoisotopic (exact) mass is 462 g/mol.